The van der Waals surface area contributed by atoms with Gasteiger partial charge in [0.2, 0.25) is 0 Å². The van der Waals surface area contributed by atoms with Gasteiger partial charge in [-0.25, -0.2) is 24.3 Å². The van der Waals surface area contributed by atoms with Crippen molar-refractivity contribution in [2.75, 3.05) is 14.2 Å². The standard InChI is InChI=1S/C8H11.C5H6N.2CH4O.Ti/c1-2-5-8-6-3-4-7-8;1-5-3-2-4-6-5;2*1-2;/h3-4,6-7H,2,5H2,1H3;2,4,6H,1H3;2*2H,1H3;/q2*-1;;;+2. The van der Waals surface area contributed by atoms with Gasteiger partial charge in [-0.3, -0.25) is 0 Å². The van der Waals surface area contributed by atoms with Gasteiger partial charge in [0.25, 0.3) is 0 Å². The molecule has 0 radical (unpaired) electrons. The Kier molecular flexibility index (Phi) is 24.1. The molecule has 3 nitrogen and oxygen atoms in total. The zero-order valence-electron chi connectivity index (χ0n) is 12.3. The van der Waals surface area contributed by atoms with Crippen LogP contribution in [0, 0.1) is 13.0 Å². The van der Waals surface area contributed by atoms with E-state index in [9.17, 15) is 0 Å². The van der Waals surface area contributed by atoms with Gasteiger partial charge < -0.3 is 15.2 Å². The SMILES string of the molecule is CCC[c-]1cccc1.CO.CO.Cc1[c-]cc[nH]1.[Ti+2]. The summed E-state index contributed by atoms with van der Waals surface area (Å²) in [5.74, 6) is 0. The maximum atomic E-state index is 7.00. The molecule has 0 fully saturated rings. The van der Waals surface area contributed by atoms with Crippen LogP contribution in [0.2, 0.25) is 0 Å². The third-order valence-corrected chi connectivity index (χ3v) is 1.95. The molecule has 0 aliphatic carbocycles. The summed E-state index contributed by atoms with van der Waals surface area (Å²) >= 11 is 0. The summed E-state index contributed by atoms with van der Waals surface area (Å²) in [6.45, 7) is 4.17. The molecule has 1 aromatic carbocycles. The van der Waals surface area contributed by atoms with Crippen LogP contribution in [0.3, 0.4) is 0 Å². The number of aromatic amines is 1. The quantitative estimate of drug-likeness (QED) is 0.590. The first-order valence-electron chi connectivity index (χ1n) is 5.94. The van der Waals surface area contributed by atoms with Crippen LogP contribution in [0.5, 0.6) is 0 Å². The Bertz CT molecular complexity index is 318. The van der Waals surface area contributed by atoms with Gasteiger partial charge in [0, 0.05) is 14.2 Å². The number of aromatic nitrogens is 1. The van der Waals surface area contributed by atoms with Crippen LogP contribution in [-0.2, 0) is 28.1 Å². The van der Waals surface area contributed by atoms with E-state index in [0.717, 1.165) is 19.9 Å². The van der Waals surface area contributed by atoms with Gasteiger partial charge in [-0.1, -0.05) is 25.5 Å². The summed E-state index contributed by atoms with van der Waals surface area (Å²) in [7, 11) is 2.00. The second kappa shape index (κ2) is 19.6. The Balaban J connectivity index is -0.000000209. The fourth-order valence-electron chi connectivity index (χ4n) is 1.24. The van der Waals surface area contributed by atoms with Crippen LogP contribution in [0.1, 0.15) is 24.6 Å². The Morgan fingerprint density at radius 2 is 1.68 bits per heavy atom. The number of aryl methyl sites for hydroxylation is 2. The summed E-state index contributed by atoms with van der Waals surface area (Å²) < 4.78 is 0. The first-order chi connectivity index (χ1) is 8.83. The van der Waals surface area contributed by atoms with E-state index in [-0.39, 0.29) is 21.7 Å². The number of nitrogens with one attached hydrogen (secondary N) is 1. The molecule has 4 heteroatoms. The largest absolute Gasteiger partial charge is 2.00 e. The Morgan fingerprint density at radius 1 is 1.16 bits per heavy atom. The molecule has 0 aliphatic heterocycles. The Hall–Kier alpha value is -0.736. The molecule has 3 N–H and O–H groups in total. The number of aliphatic hydroxyl groups excluding tert-OH is 2. The molecule has 106 valence electrons. The third-order valence-electron chi connectivity index (χ3n) is 1.95. The molecule has 0 saturated heterocycles. The van der Waals surface area contributed by atoms with Crippen LogP contribution in [-0.4, -0.2) is 29.4 Å². The molecule has 0 bridgehead atoms. The molecule has 0 amide bonds. The number of hydrogen-bond donors (Lipinski definition) is 3. The predicted molar refractivity (Wildman–Crippen MR) is 76.7 cm³/mol. The maximum Gasteiger partial charge on any atom is 2.00 e. The normalized spacial score (nSPS) is 7.47. The number of hydrogen-bond acceptors (Lipinski definition) is 2. The Labute approximate surface area is 131 Å². The summed E-state index contributed by atoms with van der Waals surface area (Å²) in [5, 5.41) is 14.0. The number of H-pyrrole nitrogens is 1. The van der Waals surface area contributed by atoms with E-state index >= 15 is 0 Å². The first-order valence-corrected chi connectivity index (χ1v) is 5.94. The number of rotatable bonds is 2. The second-order valence-corrected chi connectivity index (χ2v) is 3.29. The summed E-state index contributed by atoms with van der Waals surface area (Å²) in [6.07, 6.45) is 4.34. The summed E-state index contributed by atoms with van der Waals surface area (Å²) in [6, 6.07) is 13.3. The fourth-order valence-corrected chi connectivity index (χ4v) is 1.24. The van der Waals surface area contributed by atoms with Crippen molar-refractivity contribution in [3.63, 3.8) is 0 Å². The van der Waals surface area contributed by atoms with Gasteiger partial charge in [-0.2, -0.15) is 17.7 Å². The van der Waals surface area contributed by atoms with Gasteiger partial charge in [0.15, 0.2) is 0 Å². The minimum Gasteiger partial charge on any atom is -0.459 e. The van der Waals surface area contributed by atoms with Crippen LogP contribution < -0.4 is 0 Å². The molecule has 0 aliphatic rings. The molecule has 2 aromatic rings. The molecular formula is C15H25NO2Ti. The van der Waals surface area contributed by atoms with E-state index in [1.807, 2.05) is 19.2 Å². The van der Waals surface area contributed by atoms with Crippen molar-refractivity contribution in [2.45, 2.75) is 26.7 Å². The Morgan fingerprint density at radius 3 is 1.95 bits per heavy atom. The van der Waals surface area contributed by atoms with E-state index in [2.05, 4.69) is 42.2 Å². The van der Waals surface area contributed by atoms with Crippen molar-refractivity contribution in [1.82, 2.24) is 4.98 Å². The van der Waals surface area contributed by atoms with E-state index in [1.54, 1.807) is 0 Å². The predicted octanol–water partition coefficient (Wildman–Crippen LogP) is 2.70. The van der Waals surface area contributed by atoms with E-state index < -0.39 is 0 Å². The molecule has 0 atom stereocenters. The zero-order chi connectivity index (χ0) is 14.2. The molecule has 1 heterocycles. The molecule has 0 spiro atoms. The number of aliphatic hydroxyl groups is 2. The minimum atomic E-state index is 0. The van der Waals surface area contributed by atoms with Crippen LogP contribution in [0.15, 0.2) is 36.5 Å². The van der Waals surface area contributed by atoms with Gasteiger partial charge in [-0.05, 0) is 6.92 Å². The van der Waals surface area contributed by atoms with Gasteiger partial charge in [0.1, 0.15) is 0 Å². The minimum absolute atomic E-state index is 0. The maximum absolute atomic E-state index is 7.00. The smallest absolute Gasteiger partial charge is 0.459 e. The molecule has 0 unspecified atom stereocenters. The van der Waals surface area contributed by atoms with Gasteiger partial charge in [0.05, 0.1) is 0 Å². The van der Waals surface area contributed by atoms with E-state index in [4.69, 9.17) is 10.2 Å². The first kappa shape index (κ1) is 23.4. The average molecular weight is 299 g/mol. The van der Waals surface area contributed by atoms with Crippen molar-refractivity contribution in [2.24, 2.45) is 0 Å². The molecule has 0 saturated carbocycles. The fraction of sp³-hybridized carbons (Fsp3) is 0.400. The van der Waals surface area contributed by atoms with E-state index in [1.165, 1.54) is 18.4 Å². The van der Waals surface area contributed by atoms with Crippen LogP contribution >= 0.6 is 0 Å². The van der Waals surface area contributed by atoms with Gasteiger partial charge in [-0.15, -0.1) is 6.20 Å². The molecule has 2 rings (SSSR count). The van der Waals surface area contributed by atoms with Crippen LogP contribution in [0.25, 0.3) is 0 Å². The molecule has 19 heavy (non-hydrogen) atoms. The summed E-state index contributed by atoms with van der Waals surface area (Å²) in [4.78, 5) is 2.94. The average Bonchev–Trinajstić information content (AvgIpc) is 3.09. The van der Waals surface area contributed by atoms with E-state index in [0.29, 0.717) is 0 Å². The topological polar surface area (TPSA) is 56.2 Å². The monoisotopic (exact) mass is 299 g/mol. The molecule has 1 aromatic heterocycles. The van der Waals surface area contributed by atoms with Gasteiger partial charge >= 0.3 is 21.7 Å². The molecular weight excluding hydrogens is 274 g/mol. The van der Waals surface area contributed by atoms with Crippen molar-refractivity contribution < 1.29 is 31.9 Å². The van der Waals surface area contributed by atoms with Crippen molar-refractivity contribution in [1.29, 1.82) is 0 Å². The van der Waals surface area contributed by atoms with Crippen molar-refractivity contribution in [3.8, 4) is 0 Å². The van der Waals surface area contributed by atoms with Crippen molar-refractivity contribution in [3.05, 3.63) is 53.9 Å². The van der Waals surface area contributed by atoms with Crippen LogP contribution in [0.4, 0.5) is 0 Å². The third kappa shape index (κ3) is 15.2. The zero-order valence-corrected chi connectivity index (χ0v) is 13.8. The van der Waals surface area contributed by atoms with Crippen molar-refractivity contribution >= 4 is 0 Å². The second-order valence-electron chi connectivity index (χ2n) is 3.29. The summed E-state index contributed by atoms with van der Waals surface area (Å²) in [5.41, 5.74) is 2.56.